The summed E-state index contributed by atoms with van der Waals surface area (Å²) in [7, 11) is 0. The van der Waals surface area contributed by atoms with Gasteiger partial charge in [0.05, 0.1) is 0 Å². The Balaban J connectivity index is 1.17. The molecule has 2 aromatic rings. The molecule has 0 aromatic heterocycles. The molecule has 1 atom stereocenters. The zero-order valence-corrected chi connectivity index (χ0v) is 18.0. The summed E-state index contributed by atoms with van der Waals surface area (Å²) in [5, 5.41) is 10.4. The molecule has 162 valence electrons. The fourth-order valence-electron chi connectivity index (χ4n) is 4.21. The molecule has 1 saturated heterocycles. The van der Waals surface area contributed by atoms with E-state index in [2.05, 4.69) is 38.1 Å². The summed E-state index contributed by atoms with van der Waals surface area (Å²) in [5.74, 6) is 3.04. The molecule has 0 radical (unpaired) electrons. The van der Waals surface area contributed by atoms with E-state index >= 15 is 0 Å². The molecule has 2 heterocycles. The van der Waals surface area contributed by atoms with Gasteiger partial charge in [-0.3, -0.25) is 0 Å². The highest BCUT2D eigenvalue weighted by molar-refractivity contribution is 5.44. The van der Waals surface area contributed by atoms with Crippen LogP contribution in [0.15, 0.2) is 42.5 Å². The van der Waals surface area contributed by atoms with Gasteiger partial charge in [0.1, 0.15) is 57.7 Å². The molecule has 6 nitrogen and oxygen atoms in total. The molecule has 2 aliphatic rings. The predicted molar refractivity (Wildman–Crippen MR) is 115 cm³/mol. The number of nitrogens with one attached hydrogen (secondary N) is 2. The zero-order chi connectivity index (χ0) is 20.9. The molecular formula is C24H34N2O4+2. The highest BCUT2D eigenvalue weighted by Gasteiger charge is 2.26. The van der Waals surface area contributed by atoms with Gasteiger partial charge in [0.2, 0.25) is 6.79 Å². The molecule has 0 amide bonds. The number of aliphatic hydroxyl groups excluding tert-OH is 1. The summed E-state index contributed by atoms with van der Waals surface area (Å²) in [6, 6.07) is 14.4. The summed E-state index contributed by atoms with van der Waals surface area (Å²) in [6.45, 7) is 11.1. The van der Waals surface area contributed by atoms with Gasteiger partial charge in [0.15, 0.2) is 11.5 Å². The average molecular weight is 415 g/mol. The zero-order valence-electron chi connectivity index (χ0n) is 18.0. The Morgan fingerprint density at radius 1 is 0.933 bits per heavy atom. The lowest BCUT2D eigenvalue weighted by atomic mass is 10.0. The first-order valence-electron chi connectivity index (χ1n) is 11.0. The second kappa shape index (κ2) is 9.69. The normalized spacial score (nSPS) is 21.6. The second-order valence-corrected chi connectivity index (χ2v) is 8.76. The quantitative estimate of drug-likeness (QED) is 0.580. The molecule has 2 aromatic carbocycles. The SMILES string of the molecule is CC(C)c1ccc(OCC(O)C[NH+]2CC[NH+](Cc3ccc4c(c3)OCO4)CC2)cc1. The van der Waals surface area contributed by atoms with E-state index in [9.17, 15) is 5.11 Å². The lowest BCUT2D eigenvalue weighted by molar-refractivity contribution is -1.02. The summed E-state index contributed by atoms with van der Waals surface area (Å²) < 4.78 is 16.7. The van der Waals surface area contributed by atoms with Crippen LogP contribution in [0.4, 0.5) is 0 Å². The smallest absolute Gasteiger partial charge is 0.231 e. The lowest BCUT2D eigenvalue weighted by Gasteiger charge is -2.30. The molecule has 1 unspecified atom stereocenters. The highest BCUT2D eigenvalue weighted by Crippen LogP contribution is 2.32. The minimum absolute atomic E-state index is 0.322. The highest BCUT2D eigenvalue weighted by atomic mass is 16.7. The number of quaternary nitrogens is 2. The van der Waals surface area contributed by atoms with Crippen LogP contribution in [-0.2, 0) is 6.54 Å². The molecule has 0 aliphatic carbocycles. The van der Waals surface area contributed by atoms with Gasteiger partial charge in [0, 0.05) is 5.56 Å². The monoisotopic (exact) mass is 414 g/mol. The van der Waals surface area contributed by atoms with Crippen LogP contribution in [0, 0.1) is 0 Å². The summed E-state index contributed by atoms with van der Waals surface area (Å²) in [4.78, 5) is 3.03. The van der Waals surface area contributed by atoms with Crippen molar-refractivity contribution in [2.24, 2.45) is 0 Å². The maximum Gasteiger partial charge on any atom is 0.231 e. The van der Waals surface area contributed by atoms with E-state index in [1.807, 2.05) is 18.2 Å². The standard InChI is InChI=1S/C24H32N2O4/c1-18(2)20-4-6-22(7-5-20)28-16-21(27)15-26-11-9-25(10-12-26)14-19-3-8-23-24(13-19)30-17-29-23/h3-8,13,18,21,27H,9-12,14-17H2,1-2H3/p+2. The Kier molecular flexibility index (Phi) is 6.77. The van der Waals surface area contributed by atoms with Crippen LogP contribution in [0.2, 0.25) is 0 Å². The molecule has 3 N–H and O–H groups in total. The van der Waals surface area contributed by atoms with Crippen molar-refractivity contribution in [1.29, 1.82) is 0 Å². The van der Waals surface area contributed by atoms with Gasteiger partial charge in [0.25, 0.3) is 0 Å². The van der Waals surface area contributed by atoms with Gasteiger partial charge < -0.3 is 29.1 Å². The van der Waals surface area contributed by atoms with Crippen molar-refractivity contribution in [3.05, 3.63) is 53.6 Å². The lowest BCUT2D eigenvalue weighted by Crippen LogP contribution is -3.28. The maximum absolute atomic E-state index is 10.4. The van der Waals surface area contributed by atoms with Crippen molar-refractivity contribution in [2.45, 2.75) is 32.4 Å². The van der Waals surface area contributed by atoms with Gasteiger partial charge in [-0.1, -0.05) is 26.0 Å². The molecule has 0 bridgehead atoms. The molecule has 1 fully saturated rings. The number of ether oxygens (including phenoxy) is 3. The van der Waals surface area contributed by atoms with E-state index in [1.54, 1.807) is 4.90 Å². The fraction of sp³-hybridized carbons (Fsp3) is 0.500. The topological polar surface area (TPSA) is 56.8 Å². The van der Waals surface area contributed by atoms with Crippen LogP contribution in [0.25, 0.3) is 0 Å². The van der Waals surface area contributed by atoms with Crippen LogP contribution in [0.1, 0.15) is 30.9 Å². The van der Waals surface area contributed by atoms with Crippen LogP contribution in [-0.4, -0.2) is 57.3 Å². The van der Waals surface area contributed by atoms with Crippen molar-refractivity contribution < 1.29 is 29.1 Å². The second-order valence-electron chi connectivity index (χ2n) is 8.76. The number of piperazine rings is 1. The third kappa shape index (κ3) is 5.45. The molecule has 6 heteroatoms. The summed E-state index contributed by atoms with van der Waals surface area (Å²) in [5.41, 5.74) is 2.59. The first-order valence-corrected chi connectivity index (χ1v) is 11.0. The summed E-state index contributed by atoms with van der Waals surface area (Å²) >= 11 is 0. The Hall–Kier alpha value is -2.28. The largest absolute Gasteiger partial charge is 0.491 e. The molecule has 30 heavy (non-hydrogen) atoms. The van der Waals surface area contributed by atoms with Crippen molar-refractivity contribution in [2.75, 3.05) is 46.1 Å². The number of aliphatic hydroxyl groups is 1. The van der Waals surface area contributed by atoms with Crippen LogP contribution in [0.3, 0.4) is 0 Å². The van der Waals surface area contributed by atoms with Gasteiger partial charge in [-0.25, -0.2) is 0 Å². The number of rotatable bonds is 8. The van der Waals surface area contributed by atoms with Crippen LogP contribution >= 0.6 is 0 Å². The van der Waals surface area contributed by atoms with Crippen molar-refractivity contribution in [3.63, 3.8) is 0 Å². The third-order valence-corrected chi connectivity index (χ3v) is 6.07. The predicted octanol–water partition coefficient (Wildman–Crippen LogP) is 0.262. The van der Waals surface area contributed by atoms with Crippen molar-refractivity contribution >= 4 is 0 Å². The van der Waals surface area contributed by atoms with Gasteiger partial charge in [-0.05, 0) is 41.8 Å². The Bertz CT molecular complexity index is 816. The number of hydrogen-bond acceptors (Lipinski definition) is 4. The van der Waals surface area contributed by atoms with Gasteiger partial charge >= 0.3 is 0 Å². The van der Waals surface area contributed by atoms with E-state index in [-0.39, 0.29) is 0 Å². The first-order chi connectivity index (χ1) is 14.6. The number of fused-ring (bicyclic) bond motifs is 1. The van der Waals surface area contributed by atoms with E-state index < -0.39 is 6.10 Å². The maximum atomic E-state index is 10.4. The third-order valence-electron chi connectivity index (χ3n) is 6.07. The van der Waals surface area contributed by atoms with Crippen molar-refractivity contribution in [1.82, 2.24) is 0 Å². The molecular weight excluding hydrogens is 380 g/mol. The Labute approximate surface area is 179 Å². The van der Waals surface area contributed by atoms with Crippen molar-refractivity contribution in [3.8, 4) is 17.2 Å². The van der Waals surface area contributed by atoms with E-state index in [0.29, 0.717) is 19.3 Å². The Morgan fingerprint density at radius 2 is 1.63 bits per heavy atom. The van der Waals surface area contributed by atoms with Gasteiger partial charge in [-0.15, -0.1) is 0 Å². The molecule has 0 spiro atoms. The minimum atomic E-state index is -0.444. The van der Waals surface area contributed by atoms with Crippen LogP contribution in [0.5, 0.6) is 17.2 Å². The molecule has 0 saturated carbocycles. The van der Waals surface area contributed by atoms with E-state index in [1.165, 1.54) is 16.0 Å². The number of benzene rings is 2. The minimum Gasteiger partial charge on any atom is -0.491 e. The van der Waals surface area contributed by atoms with E-state index in [0.717, 1.165) is 56.5 Å². The first kappa shape index (κ1) is 21.0. The Morgan fingerprint density at radius 3 is 2.37 bits per heavy atom. The van der Waals surface area contributed by atoms with Crippen LogP contribution < -0.4 is 24.0 Å². The van der Waals surface area contributed by atoms with Gasteiger partial charge in [-0.2, -0.15) is 0 Å². The molecule has 4 rings (SSSR count). The fourth-order valence-corrected chi connectivity index (χ4v) is 4.21. The molecule has 2 aliphatic heterocycles. The average Bonchev–Trinajstić information content (AvgIpc) is 3.22. The summed E-state index contributed by atoms with van der Waals surface area (Å²) in [6.07, 6.45) is -0.444. The number of hydrogen-bond donors (Lipinski definition) is 3. The van der Waals surface area contributed by atoms with E-state index in [4.69, 9.17) is 14.2 Å².